The maximum Gasteiger partial charge on any atom is 0.271 e. The van der Waals surface area contributed by atoms with Crippen LogP contribution in [0.2, 0.25) is 0 Å². The number of nitrogens with zero attached hydrogens (tertiary/aromatic N) is 1. The molecule has 1 saturated carbocycles. The van der Waals surface area contributed by atoms with E-state index in [-0.39, 0.29) is 23.9 Å². The highest BCUT2D eigenvalue weighted by molar-refractivity contribution is 7.09. The van der Waals surface area contributed by atoms with Gasteiger partial charge >= 0.3 is 0 Å². The second-order valence-corrected chi connectivity index (χ2v) is 10.2. The van der Waals surface area contributed by atoms with Gasteiger partial charge in [0.2, 0.25) is 5.91 Å². The summed E-state index contributed by atoms with van der Waals surface area (Å²) in [4.78, 5) is 29.5. The van der Waals surface area contributed by atoms with Gasteiger partial charge in [0.25, 0.3) is 5.91 Å². The molecule has 1 aromatic carbocycles. The first-order valence-electron chi connectivity index (χ1n) is 11.6. The Hall–Kier alpha value is -2.41. The molecule has 2 aromatic rings. The molecule has 3 rings (SSSR count). The standard InChI is InChI=1S/C25H35N3O3S/c1-16(2)13-23(29)26-20-7-5-6-8-21(20)28-25(30)22-15-32-24(27-22)14-31-19-11-9-18(10-12-19)17(3)4/h9-12,15-17,20-21H,5-8,13-14H2,1-4H3,(H,26,29)(H,28,30). The number of carbonyl (C=O) groups is 2. The minimum Gasteiger partial charge on any atom is -0.486 e. The molecule has 2 atom stereocenters. The van der Waals surface area contributed by atoms with E-state index in [1.807, 2.05) is 26.0 Å². The second-order valence-electron chi connectivity index (χ2n) is 9.28. The van der Waals surface area contributed by atoms with Crippen molar-refractivity contribution < 1.29 is 14.3 Å². The highest BCUT2D eigenvalue weighted by Gasteiger charge is 2.28. The van der Waals surface area contributed by atoms with Crippen LogP contribution in [0, 0.1) is 5.92 Å². The molecular weight excluding hydrogens is 422 g/mol. The van der Waals surface area contributed by atoms with E-state index < -0.39 is 0 Å². The fraction of sp³-hybridized carbons (Fsp3) is 0.560. The van der Waals surface area contributed by atoms with Crippen molar-refractivity contribution in [1.82, 2.24) is 15.6 Å². The molecule has 0 saturated heterocycles. The quantitative estimate of drug-likeness (QED) is 0.552. The van der Waals surface area contributed by atoms with Crippen molar-refractivity contribution in [3.8, 4) is 5.75 Å². The SMILES string of the molecule is CC(C)CC(=O)NC1CCCCC1NC(=O)c1csc(COc2ccc(C(C)C)cc2)n1. The number of aromatic nitrogens is 1. The number of nitrogens with one attached hydrogen (secondary N) is 2. The Balaban J connectivity index is 1.53. The highest BCUT2D eigenvalue weighted by atomic mass is 32.1. The van der Waals surface area contributed by atoms with Gasteiger partial charge in [-0.1, -0.05) is 52.7 Å². The first-order chi connectivity index (χ1) is 15.3. The summed E-state index contributed by atoms with van der Waals surface area (Å²) in [6, 6.07) is 7.99. The molecule has 2 N–H and O–H groups in total. The number of hydrogen-bond donors (Lipinski definition) is 2. The maximum atomic E-state index is 12.8. The fourth-order valence-electron chi connectivity index (χ4n) is 3.93. The Morgan fingerprint density at radius 2 is 1.72 bits per heavy atom. The predicted molar refractivity (Wildman–Crippen MR) is 128 cm³/mol. The zero-order valence-corrected chi connectivity index (χ0v) is 20.3. The first kappa shape index (κ1) is 24.2. The molecule has 1 aromatic heterocycles. The Morgan fingerprint density at radius 3 is 2.34 bits per heavy atom. The lowest BCUT2D eigenvalue weighted by molar-refractivity contribution is -0.122. The Kier molecular flexibility index (Phi) is 8.67. The average molecular weight is 458 g/mol. The second kappa shape index (κ2) is 11.5. The number of amides is 2. The molecule has 0 aliphatic heterocycles. The summed E-state index contributed by atoms with van der Waals surface area (Å²) < 4.78 is 5.83. The third-order valence-corrected chi connectivity index (χ3v) is 6.54. The lowest BCUT2D eigenvalue weighted by Gasteiger charge is -2.32. The van der Waals surface area contributed by atoms with Crippen LogP contribution in [0.15, 0.2) is 29.6 Å². The lowest BCUT2D eigenvalue weighted by Crippen LogP contribution is -2.53. The normalized spacial score (nSPS) is 18.6. The average Bonchev–Trinajstić information content (AvgIpc) is 3.22. The molecule has 1 heterocycles. The minimum absolute atomic E-state index is 0.0193. The van der Waals surface area contributed by atoms with Gasteiger partial charge in [-0.15, -0.1) is 11.3 Å². The van der Waals surface area contributed by atoms with Gasteiger partial charge in [-0.2, -0.15) is 0 Å². The Labute approximate surface area is 195 Å². The Bertz CT molecular complexity index is 892. The van der Waals surface area contributed by atoms with E-state index in [9.17, 15) is 9.59 Å². The smallest absolute Gasteiger partial charge is 0.271 e. The molecule has 1 aliphatic rings. The van der Waals surface area contributed by atoms with Crippen LogP contribution in [0.1, 0.15) is 86.8 Å². The van der Waals surface area contributed by atoms with Crippen LogP contribution in [0.4, 0.5) is 0 Å². The molecule has 7 heteroatoms. The third kappa shape index (κ3) is 7.05. The highest BCUT2D eigenvalue weighted by Crippen LogP contribution is 2.22. The lowest BCUT2D eigenvalue weighted by atomic mass is 9.90. The largest absolute Gasteiger partial charge is 0.486 e. The van der Waals surface area contributed by atoms with Gasteiger partial charge < -0.3 is 15.4 Å². The van der Waals surface area contributed by atoms with Gasteiger partial charge in [0.1, 0.15) is 23.1 Å². The number of thiazole rings is 1. The molecule has 0 radical (unpaired) electrons. The first-order valence-corrected chi connectivity index (χ1v) is 12.5. The number of carbonyl (C=O) groups excluding carboxylic acids is 2. The monoisotopic (exact) mass is 457 g/mol. The number of hydrogen-bond acceptors (Lipinski definition) is 5. The van der Waals surface area contributed by atoms with Gasteiger partial charge in [-0.3, -0.25) is 9.59 Å². The topological polar surface area (TPSA) is 80.3 Å². The van der Waals surface area contributed by atoms with E-state index in [0.29, 0.717) is 30.6 Å². The van der Waals surface area contributed by atoms with Crippen molar-refractivity contribution in [2.24, 2.45) is 5.92 Å². The van der Waals surface area contributed by atoms with Crippen LogP contribution in [0.25, 0.3) is 0 Å². The van der Waals surface area contributed by atoms with Gasteiger partial charge in [0.15, 0.2) is 0 Å². The van der Waals surface area contributed by atoms with Crippen molar-refractivity contribution in [2.45, 2.75) is 84.4 Å². The Morgan fingerprint density at radius 1 is 1.06 bits per heavy atom. The van der Waals surface area contributed by atoms with E-state index >= 15 is 0 Å². The molecule has 1 aliphatic carbocycles. The van der Waals surface area contributed by atoms with Crippen molar-refractivity contribution >= 4 is 23.2 Å². The van der Waals surface area contributed by atoms with Gasteiger partial charge in [-0.05, 0) is 42.4 Å². The summed E-state index contributed by atoms with van der Waals surface area (Å²) in [5.41, 5.74) is 1.67. The number of rotatable bonds is 9. The zero-order valence-electron chi connectivity index (χ0n) is 19.5. The van der Waals surface area contributed by atoms with Gasteiger partial charge in [0.05, 0.1) is 0 Å². The van der Waals surface area contributed by atoms with Crippen LogP contribution < -0.4 is 15.4 Å². The maximum absolute atomic E-state index is 12.8. The third-order valence-electron chi connectivity index (χ3n) is 5.72. The van der Waals surface area contributed by atoms with Crippen LogP contribution in [0.3, 0.4) is 0 Å². The van der Waals surface area contributed by atoms with Crippen molar-refractivity contribution in [3.63, 3.8) is 0 Å². The van der Waals surface area contributed by atoms with Crippen LogP contribution >= 0.6 is 11.3 Å². The summed E-state index contributed by atoms with van der Waals surface area (Å²) in [5, 5.41) is 8.74. The van der Waals surface area contributed by atoms with Crippen LogP contribution in [-0.2, 0) is 11.4 Å². The number of ether oxygens (including phenoxy) is 1. The minimum atomic E-state index is -0.191. The van der Waals surface area contributed by atoms with Crippen LogP contribution in [0.5, 0.6) is 5.75 Å². The fourth-order valence-corrected chi connectivity index (χ4v) is 4.62. The molecule has 0 bridgehead atoms. The van der Waals surface area contributed by atoms with E-state index in [1.54, 1.807) is 5.38 Å². The summed E-state index contributed by atoms with van der Waals surface area (Å²) >= 11 is 1.42. The molecule has 2 unspecified atom stereocenters. The van der Waals surface area contributed by atoms with Crippen LogP contribution in [-0.4, -0.2) is 28.9 Å². The summed E-state index contributed by atoms with van der Waals surface area (Å²) in [6.07, 6.45) is 4.38. The molecule has 2 amide bonds. The van der Waals surface area contributed by atoms with Crippen molar-refractivity contribution in [2.75, 3.05) is 0 Å². The van der Waals surface area contributed by atoms with Gasteiger partial charge in [0, 0.05) is 23.9 Å². The summed E-state index contributed by atoms with van der Waals surface area (Å²) in [5.74, 6) is 1.45. The van der Waals surface area contributed by atoms with E-state index in [2.05, 4.69) is 41.6 Å². The van der Waals surface area contributed by atoms with Crippen molar-refractivity contribution in [1.29, 1.82) is 0 Å². The van der Waals surface area contributed by atoms with Gasteiger partial charge in [-0.25, -0.2) is 4.98 Å². The van der Waals surface area contributed by atoms with E-state index in [4.69, 9.17) is 4.74 Å². The van der Waals surface area contributed by atoms with E-state index in [1.165, 1.54) is 16.9 Å². The molecule has 6 nitrogen and oxygen atoms in total. The predicted octanol–water partition coefficient (Wildman–Crippen LogP) is 5.05. The van der Waals surface area contributed by atoms with E-state index in [0.717, 1.165) is 36.4 Å². The molecule has 0 spiro atoms. The number of benzene rings is 1. The zero-order chi connectivity index (χ0) is 23.1. The summed E-state index contributed by atoms with van der Waals surface area (Å²) in [6.45, 7) is 8.71. The van der Waals surface area contributed by atoms with Crippen molar-refractivity contribution in [3.05, 3.63) is 45.9 Å². The molecule has 1 fully saturated rings. The molecular formula is C25H35N3O3S. The molecule has 174 valence electrons. The molecule has 32 heavy (non-hydrogen) atoms. The summed E-state index contributed by atoms with van der Waals surface area (Å²) in [7, 11) is 0.